The van der Waals surface area contributed by atoms with Crippen molar-refractivity contribution in [3.05, 3.63) is 47.1 Å². The number of urea groups is 1. The summed E-state index contributed by atoms with van der Waals surface area (Å²) in [6, 6.07) is 0.205. The van der Waals surface area contributed by atoms with Crippen molar-refractivity contribution in [2.45, 2.75) is 44.7 Å². The van der Waals surface area contributed by atoms with E-state index in [4.69, 9.17) is 5.73 Å². The molecule has 0 bridgehead atoms. The van der Waals surface area contributed by atoms with Crippen molar-refractivity contribution in [1.29, 1.82) is 0 Å². The third kappa shape index (κ3) is 4.94. The van der Waals surface area contributed by atoms with E-state index in [1.54, 1.807) is 0 Å². The molecule has 3 aliphatic heterocycles. The fraction of sp³-hybridized carbons (Fsp3) is 0.571. The second kappa shape index (κ2) is 8.92. The zero-order chi connectivity index (χ0) is 20.2. The Bertz CT molecular complexity index is 748. The van der Waals surface area contributed by atoms with Gasteiger partial charge < -0.3 is 26.7 Å². The molecule has 29 heavy (non-hydrogen) atoms. The number of nitrogens with two attached hydrogens (primary N) is 1. The highest BCUT2D eigenvalue weighted by molar-refractivity contribution is 5.76. The molecule has 158 valence electrons. The average Bonchev–Trinajstić information content (AvgIpc) is 3.39. The number of rotatable bonds is 6. The number of dihydropyridines is 1. The van der Waals surface area contributed by atoms with Crippen molar-refractivity contribution in [3.8, 4) is 0 Å². The molecule has 4 aliphatic rings. The van der Waals surface area contributed by atoms with Crippen LogP contribution < -0.4 is 32.4 Å². The standard InChI is InChI=1S/C21H33N7O/c1-14(9-22)12-28-13-16(11-24-28)15-8-19-18(23-10-15)6-7-20(26-19)27-21(29)25-17-4-2-3-5-17/h6-8,13-14,17,19,23-24,26H,2-5,9-12,22H2,1H3,(H2,25,27,29)/t14-,19?/m0/s1. The number of carbonyl (C=O) groups is 1. The lowest BCUT2D eigenvalue weighted by Crippen LogP contribution is -2.48. The molecule has 0 aromatic rings. The van der Waals surface area contributed by atoms with Crippen molar-refractivity contribution in [1.82, 2.24) is 31.7 Å². The van der Waals surface area contributed by atoms with Gasteiger partial charge in [0.15, 0.2) is 0 Å². The number of nitrogens with zero attached hydrogens (tertiary/aromatic N) is 1. The lowest BCUT2D eigenvalue weighted by molar-refractivity contribution is 0.239. The third-order valence-electron chi connectivity index (χ3n) is 5.97. The van der Waals surface area contributed by atoms with Gasteiger partial charge in [0, 0.05) is 37.6 Å². The Morgan fingerprint density at radius 1 is 1.28 bits per heavy atom. The Morgan fingerprint density at radius 2 is 2.10 bits per heavy atom. The van der Waals surface area contributed by atoms with Crippen molar-refractivity contribution in [2.24, 2.45) is 11.7 Å². The molecule has 0 saturated heterocycles. The van der Waals surface area contributed by atoms with Crippen LogP contribution in [-0.2, 0) is 0 Å². The molecule has 3 heterocycles. The molecule has 2 atom stereocenters. The number of nitrogens with one attached hydrogen (secondary N) is 5. The molecule has 1 fully saturated rings. The van der Waals surface area contributed by atoms with E-state index in [1.807, 2.05) is 12.2 Å². The van der Waals surface area contributed by atoms with Crippen LogP contribution in [0.3, 0.4) is 0 Å². The zero-order valence-electron chi connectivity index (χ0n) is 17.1. The lowest BCUT2D eigenvalue weighted by atomic mass is 9.97. The molecule has 2 amide bonds. The van der Waals surface area contributed by atoms with Crippen molar-refractivity contribution < 1.29 is 4.79 Å². The summed E-state index contributed by atoms with van der Waals surface area (Å²) in [5, 5.41) is 15.1. The minimum atomic E-state index is -0.132. The molecule has 8 nitrogen and oxygen atoms in total. The van der Waals surface area contributed by atoms with E-state index >= 15 is 0 Å². The number of fused-ring (bicyclic) bond motifs is 1. The zero-order valence-corrected chi connectivity index (χ0v) is 17.1. The second-order valence-electron chi connectivity index (χ2n) is 8.43. The first-order valence-corrected chi connectivity index (χ1v) is 10.7. The number of amides is 2. The highest BCUT2D eigenvalue weighted by atomic mass is 16.2. The summed E-state index contributed by atoms with van der Waals surface area (Å²) in [7, 11) is 0. The molecule has 1 saturated carbocycles. The number of allylic oxidation sites excluding steroid dienone is 2. The van der Waals surface area contributed by atoms with Crippen LogP contribution >= 0.6 is 0 Å². The number of hydrogen-bond acceptors (Lipinski definition) is 6. The van der Waals surface area contributed by atoms with Crippen LogP contribution in [-0.4, -0.2) is 49.3 Å². The summed E-state index contributed by atoms with van der Waals surface area (Å²) in [5.74, 6) is 1.17. The van der Waals surface area contributed by atoms with E-state index in [9.17, 15) is 4.79 Å². The van der Waals surface area contributed by atoms with Gasteiger partial charge in [-0.1, -0.05) is 25.8 Å². The van der Waals surface area contributed by atoms with Gasteiger partial charge in [-0.05, 0) is 48.6 Å². The lowest BCUT2D eigenvalue weighted by Gasteiger charge is -2.31. The molecule has 0 spiro atoms. The van der Waals surface area contributed by atoms with Gasteiger partial charge in [0.25, 0.3) is 0 Å². The minimum absolute atomic E-state index is 0.0310. The first kappa shape index (κ1) is 19.8. The summed E-state index contributed by atoms with van der Waals surface area (Å²) in [6.45, 7) is 5.36. The van der Waals surface area contributed by atoms with Crippen LogP contribution in [0.1, 0.15) is 32.6 Å². The molecule has 8 heteroatoms. The second-order valence-corrected chi connectivity index (χ2v) is 8.43. The highest BCUT2D eigenvalue weighted by Gasteiger charge is 2.26. The quantitative estimate of drug-likeness (QED) is 0.394. The molecule has 0 radical (unpaired) electrons. The molecular weight excluding hydrogens is 366 g/mol. The van der Waals surface area contributed by atoms with Gasteiger partial charge >= 0.3 is 6.03 Å². The summed E-state index contributed by atoms with van der Waals surface area (Å²) in [4.78, 5) is 12.3. The maximum atomic E-state index is 12.3. The van der Waals surface area contributed by atoms with Gasteiger partial charge in [-0.3, -0.25) is 5.32 Å². The molecule has 0 aromatic carbocycles. The molecule has 1 aliphatic carbocycles. The minimum Gasteiger partial charge on any atom is -0.382 e. The first-order valence-electron chi connectivity index (χ1n) is 10.7. The van der Waals surface area contributed by atoms with Crippen LogP contribution in [0, 0.1) is 5.92 Å². The molecule has 1 unspecified atom stereocenters. The van der Waals surface area contributed by atoms with Crippen molar-refractivity contribution in [2.75, 3.05) is 26.2 Å². The summed E-state index contributed by atoms with van der Waals surface area (Å²) >= 11 is 0. The number of carbonyl (C=O) groups excluding carboxylic acids is 1. The van der Waals surface area contributed by atoms with E-state index in [1.165, 1.54) is 24.0 Å². The van der Waals surface area contributed by atoms with Crippen LogP contribution in [0.2, 0.25) is 0 Å². The predicted molar refractivity (Wildman–Crippen MR) is 114 cm³/mol. The average molecular weight is 400 g/mol. The molecule has 4 rings (SSSR count). The SMILES string of the molecule is C[C@@H](CN)CN1C=C(C2=CC3NC(NC(=O)NC4CCCC4)=CC=C3NC2)CN1. The fourth-order valence-electron chi connectivity index (χ4n) is 4.23. The Balaban J connectivity index is 1.35. The maximum absolute atomic E-state index is 12.3. The van der Waals surface area contributed by atoms with E-state index in [0.29, 0.717) is 18.5 Å². The van der Waals surface area contributed by atoms with E-state index in [2.05, 4.69) is 50.9 Å². The molecule has 7 N–H and O–H groups in total. The van der Waals surface area contributed by atoms with Crippen molar-refractivity contribution in [3.63, 3.8) is 0 Å². The van der Waals surface area contributed by atoms with Gasteiger partial charge in [-0.25, -0.2) is 10.2 Å². The number of hydrazine groups is 1. The molecular formula is C21H33N7O. The van der Waals surface area contributed by atoms with Gasteiger partial charge in [-0.15, -0.1) is 0 Å². The Morgan fingerprint density at radius 3 is 2.90 bits per heavy atom. The van der Waals surface area contributed by atoms with E-state index < -0.39 is 0 Å². The van der Waals surface area contributed by atoms with Crippen LogP contribution in [0.15, 0.2) is 47.1 Å². The predicted octanol–water partition coefficient (Wildman–Crippen LogP) is 0.754. The summed E-state index contributed by atoms with van der Waals surface area (Å²) in [5.41, 5.74) is 12.8. The normalized spacial score (nSPS) is 25.0. The Hall–Kier alpha value is -2.45. The summed E-state index contributed by atoms with van der Waals surface area (Å²) < 4.78 is 0. The van der Waals surface area contributed by atoms with Gasteiger partial charge in [0.1, 0.15) is 5.82 Å². The topological polar surface area (TPSA) is 106 Å². The Kier molecular flexibility index (Phi) is 6.10. The summed E-state index contributed by atoms with van der Waals surface area (Å²) in [6.07, 6.45) is 12.9. The van der Waals surface area contributed by atoms with Crippen LogP contribution in [0.25, 0.3) is 0 Å². The van der Waals surface area contributed by atoms with Crippen LogP contribution in [0.4, 0.5) is 4.79 Å². The third-order valence-corrected chi connectivity index (χ3v) is 5.97. The fourth-order valence-corrected chi connectivity index (χ4v) is 4.23. The maximum Gasteiger partial charge on any atom is 0.320 e. The van der Waals surface area contributed by atoms with Gasteiger partial charge in [0.05, 0.1) is 6.04 Å². The Labute approximate surface area is 172 Å². The van der Waals surface area contributed by atoms with Gasteiger partial charge in [-0.2, -0.15) is 0 Å². The van der Waals surface area contributed by atoms with E-state index in [-0.39, 0.29) is 12.1 Å². The monoisotopic (exact) mass is 399 g/mol. The molecule has 0 aromatic heterocycles. The smallest absolute Gasteiger partial charge is 0.320 e. The van der Waals surface area contributed by atoms with Crippen LogP contribution in [0.5, 0.6) is 0 Å². The first-order chi connectivity index (χ1) is 14.1. The largest absolute Gasteiger partial charge is 0.382 e. The van der Waals surface area contributed by atoms with Crippen molar-refractivity contribution >= 4 is 6.03 Å². The van der Waals surface area contributed by atoms with E-state index in [0.717, 1.165) is 44.0 Å². The van der Waals surface area contributed by atoms with Gasteiger partial charge in [0.2, 0.25) is 0 Å². The highest BCUT2D eigenvalue weighted by Crippen LogP contribution is 2.23. The number of hydrogen-bond donors (Lipinski definition) is 6.